The smallest absolute Gasteiger partial charge is 0.341 e. The van der Waals surface area contributed by atoms with Gasteiger partial charge >= 0.3 is 5.97 Å². The monoisotopic (exact) mass is 284 g/mol. The molecule has 0 fully saturated rings. The summed E-state index contributed by atoms with van der Waals surface area (Å²) in [4.78, 5) is 10.6. The Bertz CT molecular complexity index is 678. The second-order valence-electron chi connectivity index (χ2n) is 5.14. The fourth-order valence-corrected chi connectivity index (χ4v) is 2.77. The van der Waals surface area contributed by atoms with E-state index in [9.17, 15) is 9.90 Å². The van der Waals surface area contributed by atoms with Crippen molar-refractivity contribution in [2.24, 2.45) is 0 Å². The van der Waals surface area contributed by atoms with Crippen molar-refractivity contribution in [1.29, 1.82) is 0 Å². The Morgan fingerprint density at radius 3 is 2.62 bits per heavy atom. The lowest BCUT2D eigenvalue weighted by molar-refractivity contribution is -0.139. The number of carbonyl (C=O) groups is 1. The highest BCUT2D eigenvalue weighted by Gasteiger charge is 2.21. The third-order valence-electron chi connectivity index (χ3n) is 3.78. The maximum absolute atomic E-state index is 10.6. The molecule has 0 saturated carbocycles. The van der Waals surface area contributed by atoms with Gasteiger partial charge in [-0.15, -0.1) is 0 Å². The average Bonchev–Trinajstić information content (AvgIpc) is 2.63. The standard InChI is InChI=1S/C17H16O4/c18-16(19)10-21-13-7-8-15-12(9-13)6-5-11-3-1-2-4-14(11)17(15)20/h1-4,7-9,17,20H,5-6,10H2,(H,18,19). The summed E-state index contributed by atoms with van der Waals surface area (Å²) in [6, 6.07) is 13.2. The molecule has 1 atom stereocenters. The van der Waals surface area contributed by atoms with Crippen LogP contribution >= 0.6 is 0 Å². The molecule has 1 aliphatic rings. The summed E-state index contributed by atoms with van der Waals surface area (Å²) >= 11 is 0. The zero-order valence-electron chi connectivity index (χ0n) is 11.5. The maximum Gasteiger partial charge on any atom is 0.341 e. The number of rotatable bonds is 3. The predicted octanol–water partition coefficient (Wildman–Crippen LogP) is 2.33. The van der Waals surface area contributed by atoms with E-state index in [0.717, 1.165) is 35.1 Å². The van der Waals surface area contributed by atoms with Gasteiger partial charge in [0.25, 0.3) is 0 Å². The molecule has 4 nitrogen and oxygen atoms in total. The van der Waals surface area contributed by atoms with Gasteiger partial charge < -0.3 is 14.9 Å². The van der Waals surface area contributed by atoms with Crippen molar-refractivity contribution in [3.05, 3.63) is 64.7 Å². The summed E-state index contributed by atoms with van der Waals surface area (Å²) in [7, 11) is 0. The van der Waals surface area contributed by atoms with Crippen LogP contribution in [0.15, 0.2) is 42.5 Å². The molecule has 0 radical (unpaired) electrons. The van der Waals surface area contributed by atoms with Crippen molar-refractivity contribution >= 4 is 5.97 Å². The average molecular weight is 284 g/mol. The van der Waals surface area contributed by atoms with E-state index in [2.05, 4.69) is 0 Å². The summed E-state index contributed by atoms with van der Waals surface area (Å²) in [5.41, 5.74) is 3.95. The van der Waals surface area contributed by atoms with Crippen molar-refractivity contribution < 1.29 is 19.7 Å². The van der Waals surface area contributed by atoms with E-state index in [4.69, 9.17) is 9.84 Å². The van der Waals surface area contributed by atoms with Gasteiger partial charge in [0.15, 0.2) is 6.61 Å². The normalized spacial score (nSPS) is 16.5. The molecule has 2 N–H and O–H groups in total. The lowest BCUT2D eigenvalue weighted by Gasteiger charge is -2.15. The van der Waals surface area contributed by atoms with Gasteiger partial charge in [0.1, 0.15) is 11.9 Å². The molecule has 0 amide bonds. The van der Waals surface area contributed by atoms with Crippen LogP contribution < -0.4 is 4.74 Å². The second-order valence-corrected chi connectivity index (χ2v) is 5.14. The Hall–Kier alpha value is -2.33. The van der Waals surface area contributed by atoms with Crippen molar-refractivity contribution in [1.82, 2.24) is 0 Å². The minimum absolute atomic E-state index is 0.360. The van der Waals surface area contributed by atoms with Crippen LogP contribution in [0, 0.1) is 0 Å². The maximum atomic E-state index is 10.6. The summed E-state index contributed by atoms with van der Waals surface area (Å²) in [6.45, 7) is -0.360. The van der Waals surface area contributed by atoms with E-state index >= 15 is 0 Å². The van der Waals surface area contributed by atoms with E-state index in [1.807, 2.05) is 36.4 Å². The highest BCUT2D eigenvalue weighted by Crippen LogP contribution is 2.34. The Morgan fingerprint density at radius 2 is 1.81 bits per heavy atom. The van der Waals surface area contributed by atoms with Crippen molar-refractivity contribution in [3.63, 3.8) is 0 Å². The van der Waals surface area contributed by atoms with Gasteiger partial charge in [0.2, 0.25) is 0 Å². The molecule has 0 aliphatic heterocycles. The molecule has 0 aromatic heterocycles. The summed E-state index contributed by atoms with van der Waals surface area (Å²) < 4.78 is 5.21. The largest absolute Gasteiger partial charge is 0.482 e. The fraction of sp³-hybridized carbons (Fsp3) is 0.235. The second kappa shape index (κ2) is 5.58. The number of ether oxygens (including phenoxy) is 1. The quantitative estimate of drug-likeness (QED) is 0.907. The van der Waals surface area contributed by atoms with Crippen LogP contribution in [0.3, 0.4) is 0 Å². The summed E-state index contributed by atoms with van der Waals surface area (Å²) in [5, 5.41) is 19.2. The first-order valence-electron chi connectivity index (χ1n) is 6.88. The molecule has 1 aliphatic carbocycles. The highest BCUT2D eigenvalue weighted by molar-refractivity contribution is 5.68. The molecular weight excluding hydrogens is 268 g/mol. The first-order valence-corrected chi connectivity index (χ1v) is 6.88. The molecular formula is C17H16O4. The molecule has 2 aromatic carbocycles. The Kier molecular flexibility index (Phi) is 3.62. The first-order chi connectivity index (χ1) is 10.1. The number of hydrogen-bond acceptors (Lipinski definition) is 3. The molecule has 0 saturated heterocycles. The first kappa shape index (κ1) is 13.6. The minimum Gasteiger partial charge on any atom is -0.482 e. The van der Waals surface area contributed by atoms with Gasteiger partial charge in [-0.3, -0.25) is 0 Å². The van der Waals surface area contributed by atoms with E-state index in [1.165, 1.54) is 0 Å². The molecule has 2 aromatic rings. The van der Waals surface area contributed by atoms with Crippen molar-refractivity contribution in [3.8, 4) is 5.75 Å². The number of carboxylic acid groups (broad SMARTS) is 1. The third-order valence-corrected chi connectivity index (χ3v) is 3.78. The Labute approximate surface area is 122 Å². The molecule has 1 unspecified atom stereocenters. The minimum atomic E-state index is -1.00. The lowest BCUT2D eigenvalue weighted by atomic mass is 9.97. The van der Waals surface area contributed by atoms with Crippen LogP contribution in [-0.2, 0) is 17.6 Å². The van der Waals surface area contributed by atoms with Crippen LogP contribution in [0.25, 0.3) is 0 Å². The number of aliphatic carboxylic acids is 1. The number of aryl methyl sites for hydroxylation is 2. The summed E-state index contributed by atoms with van der Waals surface area (Å²) in [6.07, 6.45) is 1.00. The molecule has 0 heterocycles. The zero-order chi connectivity index (χ0) is 14.8. The molecule has 108 valence electrons. The molecule has 4 heteroatoms. The number of carboxylic acids is 1. The van der Waals surface area contributed by atoms with Crippen LogP contribution in [0.5, 0.6) is 5.75 Å². The molecule has 0 bridgehead atoms. The predicted molar refractivity (Wildman–Crippen MR) is 77.5 cm³/mol. The molecule has 0 spiro atoms. The van der Waals surface area contributed by atoms with E-state index in [0.29, 0.717) is 5.75 Å². The fourth-order valence-electron chi connectivity index (χ4n) is 2.77. The number of fused-ring (bicyclic) bond motifs is 2. The van der Waals surface area contributed by atoms with Gasteiger partial charge in [-0.25, -0.2) is 4.79 Å². The zero-order valence-corrected chi connectivity index (χ0v) is 11.5. The SMILES string of the molecule is O=C(O)COc1ccc2c(c1)CCc1ccccc1C2O. The Balaban J connectivity index is 1.93. The van der Waals surface area contributed by atoms with Gasteiger partial charge in [0.05, 0.1) is 0 Å². The molecule has 21 heavy (non-hydrogen) atoms. The van der Waals surface area contributed by atoms with Gasteiger partial charge in [-0.1, -0.05) is 30.3 Å². The molecule has 3 rings (SSSR count). The summed E-state index contributed by atoms with van der Waals surface area (Å²) in [5.74, 6) is -0.480. The highest BCUT2D eigenvalue weighted by atomic mass is 16.5. The van der Waals surface area contributed by atoms with Crippen molar-refractivity contribution in [2.45, 2.75) is 18.9 Å². The van der Waals surface area contributed by atoms with E-state index in [-0.39, 0.29) is 6.61 Å². The van der Waals surface area contributed by atoms with E-state index < -0.39 is 12.1 Å². The van der Waals surface area contributed by atoms with Gasteiger partial charge in [0, 0.05) is 0 Å². The van der Waals surface area contributed by atoms with Crippen molar-refractivity contribution in [2.75, 3.05) is 6.61 Å². The van der Waals surface area contributed by atoms with Gasteiger partial charge in [-0.05, 0) is 47.2 Å². The Morgan fingerprint density at radius 1 is 1.10 bits per heavy atom. The number of benzene rings is 2. The van der Waals surface area contributed by atoms with Crippen LogP contribution in [0.2, 0.25) is 0 Å². The van der Waals surface area contributed by atoms with Crippen LogP contribution in [-0.4, -0.2) is 22.8 Å². The third kappa shape index (κ3) is 2.76. The number of hydrogen-bond donors (Lipinski definition) is 2. The van der Waals surface area contributed by atoms with Crippen LogP contribution in [0.1, 0.15) is 28.4 Å². The van der Waals surface area contributed by atoms with Crippen LogP contribution in [0.4, 0.5) is 0 Å². The topological polar surface area (TPSA) is 66.8 Å². The van der Waals surface area contributed by atoms with Gasteiger partial charge in [-0.2, -0.15) is 0 Å². The number of aliphatic hydroxyl groups excluding tert-OH is 1. The number of aliphatic hydroxyl groups is 1. The lowest BCUT2D eigenvalue weighted by Crippen LogP contribution is -2.10. The van der Waals surface area contributed by atoms with E-state index in [1.54, 1.807) is 6.07 Å².